The molecule has 1 heterocycles. The zero-order valence-corrected chi connectivity index (χ0v) is 7.11. The van der Waals surface area contributed by atoms with Gasteiger partial charge in [0, 0.05) is 5.56 Å². The Morgan fingerprint density at radius 1 is 1.31 bits per heavy atom. The maximum absolute atomic E-state index is 13.1. The number of rotatable bonds is 1. The summed E-state index contributed by atoms with van der Waals surface area (Å²) in [5.41, 5.74) is 0.0883. The van der Waals surface area contributed by atoms with Gasteiger partial charge < -0.3 is 5.11 Å². The smallest absolute Gasteiger partial charge is 0.188 e. The summed E-state index contributed by atoms with van der Waals surface area (Å²) >= 11 is 0.807. The highest BCUT2D eigenvalue weighted by atomic mass is 32.1. The number of halogens is 2. The van der Waals surface area contributed by atoms with E-state index < -0.39 is 18.2 Å². The van der Waals surface area contributed by atoms with Crippen LogP contribution in [0.4, 0.5) is 8.78 Å². The van der Waals surface area contributed by atoms with Crippen LogP contribution in [0.5, 0.6) is 0 Å². The van der Waals surface area contributed by atoms with Crippen molar-refractivity contribution in [1.29, 1.82) is 0 Å². The van der Waals surface area contributed by atoms with Gasteiger partial charge in [0.05, 0.1) is 18.3 Å². The monoisotopic (exact) mass is 202 g/mol. The molecule has 0 spiro atoms. The van der Waals surface area contributed by atoms with Crippen LogP contribution in [0.2, 0.25) is 0 Å². The van der Waals surface area contributed by atoms with Crippen LogP contribution in [-0.2, 0) is 6.61 Å². The SMILES string of the molecule is OCc1cc2nsnc2c(F)c1F. The van der Waals surface area contributed by atoms with Crippen molar-refractivity contribution in [3.05, 3.63) is 23.3 Å². The summed E-state index contributed by atoms with van der Waals surface area (Å²) in [5.74, 6) is -2.10. The molecule has 0 aliphatic heterocycles. The zero-order valence-electron chi connectivity index (χ0n) is 6.29. The molecule has 0 saturated carbocycles. The fourth-order valence-electron chi connectivity index (χ4n) is 1.03. The first kappa shape index (κ1) is 8.46. The molecule has 0 radical (unpaired) electrons. The molecule has 2 aromatic rings. The Morgan fingerprint density at radius 2 is 2.08 bits per heavy atom. The van der Waals surface area contributed by atoms with Crippen LogP contribution in [0.1, 0.15) is 5.56 Å². The lowest BCUT2D eigenvalue weighted by atomic mass is 10.2. The van der Waals surface area contributed by atoms with Gasteiger partial charge in [0.15, 0.2) is 11.6 Å². The molecule has 1 N–H and O–H groups in total. The van der Waals surface area contributed by atoms with Crippen molar-refractivity contribution < 1.29 is 13.9 Å². The summed E-state index contributed by atoms with van der Waals surface area (Å²) in [4.78, 5) is 0. The number of nitrogens with zero attached hydrogens (tertiary/aromatic N) is 2. The fraction of sp³-hybridized carbons (Fsp3) is 0.143. The van der Waals surface area contributed by atoms with E-state index in [1.165, 1.54) is 6.07 Å². The molecule has 0 atom stereocenters. The summed E-state index contributed by atoms with van der Waals surface area (Å²) < 4.78 is 33.4. The van der Waals surface area contributed by atoms with Gasteiger partial charge in [-0.25, -0.2) is 8.78 Å². The molecule has 0 amide bonds. The van der Waals surface area contributed by atoms with Crippen molar-refractivity contribution in [1.82, 2.24) is 8.75 Å². The van der Waals surface area contributed by atoms with E-state index >= 15 is 0 Å². The van der Waals surface area contributed by atoms with Crippen molar-refractivity contribution in [3.8, 4) is 0 Å². The maximum atomic E-state index is 13.1. The first-order valence-electron chi connectivity index (χ1n) is 3.44. The normalized spacial score (nSPS) is 11.0. The van der Waals surface area contributed by atoms with Crippen molar-refractivity contribution in [2.45, 2.75) is 6.61 Å². The van der Waals surface area contributed by atoms with Gasteiger partial charge in [0.2, 0.25) is 0 Å². The molecule has 6 heteroatoms. The molecule has 0 unspecified atom stereocenters. The highest BCUT2D eigenvalue weighted by molar-refractivity contribution is 7.00. The van der Waals surface area contributed by atoms with Crippen LogP contribution in [0.3, 0.4) is 0 Å². The molecule has 1 aromatic carbocycles. The van der Waals surface area contributed by atoms with Gasteiger partial charge in [-0.05, 0) is 6.07 Å². The van der Waals surface area contributed by atoms with E-state index in [1.807, 2.05) is 0 Å². The van der Waals surface area contributed by atoms with Gasteiger partial charge in [-0.2, -0.15) is 8.75 Å². The van der Waals surface area contributed by atoms with E-state index in [2.05, 4.69) is 8.75 Å². The number of hydrogen-bond acceptors (Lipinski definition) is 4. The minimum Gasteiger partial charge on any atom is -0.392 e. The fourth-order valence-corrected chi connectivity index (χ4v) is 1.55. The van der Waals surface area contributed by atoms with Gasteiger partial charge in [0.25, 0.3) is 0 Å². The first-order valence-corrected chi connectivity index (χ1v) is 4.17. The van der Waals surface area contributed by atoms with E-state index in [0.29, 0.717) is 0 Å². The molecule has 0 saturated heterocycles. The number of aliphatic hydroxyl groups is 1. The molecule has 3 nitrogen and oxygen atoms in total. The summed E-state index contributed by atoms with van der Waals surface area (Å²) in [6.45, 7) is -0.545. The Bertz CT molecular complexity index is 457. The number of aromatic nitrogens is 2. The number of benzene rings is 1. The van der Waals surface area contributed by atoms with Gasteiger partial charge in [-0.15, -0.1) is 0 Å². The van der Waals surface area contributed by atoms with Crippen LogP contribution in [-0.4, -0.2) is 13.9 Å². The summed E-state index contributed by atoms with van der Waals surface area (Å²) in [7, 11) is 0. The number of fused-ring (bicyclic) bond motifs is 1. The molecule has 1 aromatic heterocycles. The average molecular weight is 202 g/mol. The second-order valence-electron chi connectivity index (χ2n) is 2.45. The summed E-state index contributed by atoms with van der Waals surface area (Å²) in [6, 6.07) is 1.29. The quantitative estimate of drug-likeness (QED) is 0.761. The lowest BCUT2D eigenvalue weighted by Gasteiger charge is -1.99. The third kappa shape index (κ3) is 1.18. The third-order valence-corrected chi connectivity index (χ3v) is 2.22. The Balaban J connectivity index is 2.83. The van der Waals surface area contributed by atoms with Gasteiger partial charge in [-0.1, -0.05) is 0 Å². The largest absolute Gasteiger partial charge is 0.392 e. The Labute approximate surface area is 76.0 Å². The third-order valence-electron chi connectivity index (χ3n) is 1.68. The van der Waals surface area contributed by atoms with Gasteiger partial charge in [-0.3, -0.25) is 0 Å². The second-order valence-corrected chi connectivity index (χ2v) is 2.98. The average Bonchev–Trinajstić information content (AvgIpc) is 2.59. The lowest BCUT2D eigenvalue weighted by molar-refractivity contribution is 0.274. The van der Waals surface area contributed by atoms with Crippen molar-refractivity contribution in [3.63, 3.8) is 0 Å². The molecule has 0 bridgehead atoms. The standard InChI is InChI=1S/C7H4F2N2OS/c8-5-3(2-12)1-4-7(6(5)9)11-13-10-4/h1,12H,2H2. The Morgan fingerprint density at radius 3 is 2.77 bits per heavy atom. The van der Waals surface area contributed by atoms with Crippen molar-refractivity contribution >= 4 is 22.8 Å². The topological polar surface area (TPSA) is 46.0 Å². The van der Waals surface area contributed by atoms with E-state index in [-0.39, 0.29) is 16.6 Å². The van der Waals surface area contributed by atoms with Crippen LogP contribution < -0.4 is 0 Å². The molecule has 0 fully saturated rings. The zero-order chi connectivity index (χ0) is 9.42. The highest BCUT2D eigenvalue weighted by Crippen LogP contribution is 2.21. The Kier molecular flexibility index (Phi) is 1.93. The van der Waals surface area contributed by atoms with E-state index in [9.17, 15) is 8.78 Å². The number of hydrogen-bond donors (Lipinski definition) is 1. The molecule has 68 valence electrons. The Hall–Kier alpha value is -1.14. The van der Waals surface area contributed by atoms with Crippen molar-refractivity contribution in [2.24, 2.45) is 0 Å². The number of aliphatic hydroxyl groups excluding tert-OH is 1. The molecule has 13 heavy (non-hydrogen) atoms. The lowest BCUT2D eigenvalue weighted by Crippen LogP contribution is -1.95. The summed E-state index contributed by atoms with van der Waals surface area (Å²) in [6.07, 6.45) is 0. The van der Waals surface area contributed by atoms with Crippen LogP contribution in [0, 0.1) is 11.6 Å². The minimum absolute atomic E-state index is 0.0836. The molecular weight excluding hydrogens is 198 g/mol. The van der Waals surface area contributed by atoms with Gasteiger partial charge >= 0.3 is 0 Å². The molecule has 2 rings (SSSR count). The molecule has 0 aliphatic rings. The predicted octanol–water partition coefficient (Wildman–Crippen LogP) is 1.46. The van der Waals surface area contributed by atoms with Gasteiger partial charge in [0.1, 0.15) is 11.0 Å². The van der Waals surface area contributed by atoms with Crippen LogP contribution in [0.25, 0.3) is 11.0 Å². The maximum Gasteiger partial charge on any atom is 0.188 e. The minimum atomic E-state index is -1.05. The highest BCUT2D eigenvalue weighted by Gasteiger charge is 2.15. The van der Waals surface area contributed by atoms with Crippen molar-refractivity contribution in [2.75, 3.05) is 0 Å². The van der Waals surface area contributed by atoms with E-state index in [0.717, 1.165) is 11.7 Å². The van der Waals surface area contributed by atoms with E-state index in [1.54, 1.807) is 0 Å². The second kappa shape index (κ2) is 2.97. The van der Waals surface area contributed by atoms with Crippen LogP contribution >= 0.6 is 11.7 Å². The molecule has 0 aliphatic carbocycles. The van der Waals surface area contributed by atoms with E-state index in [4.69, 9.17) is 5.11 Å². The predicted molar refractivity (Wildman–Crippen MR) is 43.3 cm³/mol. The van der Waals surface area contributed by atoms with Crippen LogP contribution in [0.15, 0.2) is 6.07 Å². The first-order chi connectivity index (χ1) is 6.24. The summed E-state index contributed by atoms with van der Waals surface area (Å²) in [5, 5.41) is 8.69. The molecular formula is C7H4F2N2OS.